The summed E-state index contributed by atoms with van der Waals surface area (Å²) in [5, 5.41) is 0. The molecule has 1 aromatic heterocycles. The van der Waals surface area contributed by atoms with E-state index in [1.807, 2.05) is 32.2 Å². The number of likely N-dealkylation sites (N-methyl/N-ethyl adjacent to an activating group) is 1. The molecule has 0 unspecified atom stereocenters. The van der Waals surface area contributed by atoms with Crippen molar-refractivity contribution in [3.05, 3.63) is 47.1 Å². The minimum Gasteiger partial charge on any atom is -0.493 e. The van der Waals surface area contributed by atoms with Gasteiger partial charge in [0.2, 0.25) is 5.75 Å². The Kier molecular flexibility index (Phi) is 5.82. The molecule has 0 bridgehead atoms. The molecular formula is C21H26N4O3. The lowest BCUT2D eigenvalue weighted by Gasteiger charge is -2.20. The second kappa shape index (κ2) is 8.29. The largest absolute Gasteiger partial charge is 0.493 e. The van der Waals surface area contributed by atoms with Crippen LogP contribution < -0.4 is 19.1 Å². The number of aromatic nitrogens is 2. The molecule has 0 atom stereocenters. The summed E-state index contributed by atoms with van der Waals surface area (Å²) in [6, 6.07) is 5.75. The molecule has 28 heavy (non-hydrogen) atoms. The van der Waals surface area contributed by atoms with E-state index in [1.54, 1.807) is 27.5 Å². The summed E-state index contributed by atoms with van der Waals surface area (Å²) in [4.78, 5) is 15.8. The van der Waals surface area contributed by atoms with Gasteiger partial charge in [-0.3, -0.25) is 4.99 Å². The number of aliphatic imine (C=N–C) groups is 1. The summed E-state index contributed by atoms with van der Waals surface area (Å²) in [5.41, 5.74) is 4.42. The zero-order valence-electron chi connectivity index (χ0n) is 17.2. The first kappa shape index (κ1) is 19.7. The molecule has 0 saturated carbocycles. The Morgan fingerprint density at radius 3 is 2.25 bits per heavy atom. The maximum Gasteiger partial charge on any atom is 0.203 e. The summed E-state index contributed by atoms with van der Waals surface area (Å²) in [6.07, 6.45) is 2.33. The van der Waals surface area contributed by atoms with E-state index in [0.29, 0.717) is 36.0 Å². The fourth-order valence-corrected chi connectivity index (χ4v) is 3.22. The van der Waals surface area contributed by atoms with E-state index in [2.05, 4.69) is 21.8 Å². The first-order chi connectivity index (χ1) is 13.5. The van der Waals surface area contributed by atoms with Gasteiger partial charge in [-0.15, -0.1) is 0 Å². The molecule has 7 heteroatoms. The molecular weight excluding hydrogens is 356 g/mol. The van der Waals surface area contributed by atoms with Crippen LogP contribution in [0.2, 0.25) is 0 Å². The molecule has 2 aromatic rings. The Bertz CT molecular complexity index is 912. The highest BCUT2D eigenvalue weighted by atomic mass is 16.5. The van der Waals surface area contributed by atoms with Crippen molar-refractivity contribution in [2.45, 2.75) is 20.3 Å². The second-order valence-electron chi connectivity index (χ2n) is 6.57. The lowest BCUT2D eigenvalue weighted by Crippen LogP contribution is -2.20. The number of ether oxygens (including phenoxy) is 3. The number of allylic oxidation sites excluding steroid dienone is 1. The van der Waals surface area contributed by atoms with Crippen molar-refractivity contribution in [2.75, 3.05) is 39.8 Å². The van der Waals surface area contributed by atoms with Crippen LogP contribution in [0.4, 0.5) is 5.82 Å². The maximum absolute atomic E-state index is 5.44. The summed E-state index contributed by atoms with van der Waals surface area (Å²) < 4.78 is 16.3. The third-order valence-corrected chi connectivity index (χ3v) is 4.97. The fraction of sp³-hybridized carbons (Fsp3) is 0.381. The van der Waals surface area contributed by atoms with Gasteiger partial charge in [0.15, 0.2) is 11.5 Å². The predicted molar refractivity (Wildman–Crippen MR) is 110 cm³/mol. The van der Waals surface area contributed by atoms with Crippen LogP contribution >= 0.6 is 0 Å². The predicted octanol–water partition coefficient (Wildman–Crippen LogP) is 3.28. The maximum atomic E-state index is 5.44. The van der Waals surface area contributed by atoms with E-state index >= 15 is 0 Å². The van der Waals surface area contributed by atoms with Gasteiger partial charge in [0.05, 0.1) is 27.9 Å². The van der Waals surface area contributed by atoms with Crippen molar-refractivity contribution >= 4 is 11.5 Å². The Morgan fingerprint density at radius 1 is 1.04 bits per heavy atom. The van der Waals surface area contributed by atoms with Gasteiger partial charge < -0.3 is 19.1 Å². The van der Waals surface area contributed by atoms with E-state index in [1.165, 1.54) is 5.57 Å². The minimum atomic E-state index is 0.548. The highest BCUT2D eigenvalue weighted by Crippen LogP contribution is 2.38. The van der Waals surface area contributed by atoms with Gasteiger partial charge in [-0.25, -0.2) is 9.97 Å². The summed E-state index contributed by atoms with van der Waals surface area (Å²) >= 11 is 0. The van der Waals surface area contributed by atoms with E-state index in [-0.39, 0.29) is 0 Å². The van der Waals surface area contributed by atoms with Crippen LogP contribution in [0.15, 0.2) is 40.7 Å². The van der Waals surface area contributed by atoms with Crippen LogP contribution in [0.1, 0.15) is 25.2 Å². The van der Waals surface area contributed by atoms with Gasteiger partial charge >= 0.3 is 0 Å². The number of nitrogens with zero attached hydrogens (tertiary/aromatic N) is 4. The van der Waals surface area contributed by atoms with E-state index in [4.69, 9.17) is 19.2 Å². The molecule has 1 aliphatic heterocycles. The normalized spacial score (nSPS) is 13.4. The molecule has 148 valence electrons. The van der Waals surface area contributed by atoms with E-state index in [9.17, 15) is 0 Å². The summed E-state index contributed by atoms with van der Waals surface area (Å²) in [7, 11) is 6.82. The Balaban J connectivity index is 1.88. The first-order valence-corrected chi connectivity index (χ1v) is 9.04. The van der Waals surface area contributed by atoms with Crippen molar-refractivity contribution in [1.82, 2.24) is 9.97 Å². The molecule has 1 aromatic carbocycles. The van der Waals surface area contributed by atoms with Crippen LogP contribution in [0.5, 0.6) is 17.2 Å². The molecule has 0 N–H and O–H groups in total. The molecule has 0 aliphatic carbocycles. The second-order valence-corrected chi connectivity index (χ2v) is 6.57. The summed E-state index contributed by atoms with van der Waals surface area (Å²) in [5.74, 6) is 3.36. The van der Waals surface area contributed by atoms with Crippen molar-refractivity contribution in [3.8, 4) is 17.2 Å². The Morgan fingerprint density at radius 2 is 1.71 bits per heavy atom. The standard InChI is InChI=1S/C21H26N4O3/c1-13-14(2)23-12-16(13)25(3)20-7-8-22-19(24-20)11-15-9-17(26-4)21(28-6)18(10-15)27-5/h7-10H,11-12H2,1-6H3. The van der Waals surface area contributed by atoms with Crippen LogP contribution in [-0.4, -0.2) is 50.6 Å². The average molecular weight is 382 g/mol. The zero-order chi connectivity index (χ0) is 20.3. The number of methoxy groups -OCH3 is 3. The molecule has 1 aliphatic rings. The van der Waals surface area contributed by atoms with Gasteiger partial charge in [0, 0.05) is 31.1 Å². The van der Waals surface area contributed by atoms with Crippen LogP contribution in [0, 0.1) is 0 Å². The van der Waals surface area contributed by atoms with Crippen LogP contribution in [0.3, 0.4) is 0 Å². The van der Waals surface area contributed by atoms with E-state index < -0.39 is 0 Å². The number of benzene rings is 1. The molecule has 0 radical (unpaired) electrons. The fourth-order valence-electron chi connectivity index (χ4n) is 3.22. The molecule has 0 spiro atoms. The SMILES string of the molecule is COc1cc(Cc2nccc(N(C)C3=C(C)C(C)=NC3)n2)cc(OC)c1OC. The number of rotatable bonds is 7. The molecule has 0 amide bonds. The van der Waals surface area contributed by atoms with Gasteiger partial charge in [-0.05, 0) is 43.2 Å². The molecule has 0 fully saturated rings. The zero-order valence-corrected chi connectivity index (χ0v) is 17.2. The molecule has 2 heterocycles. The highest BCUT2D eigenvalue weighted by molar-refractivity contribution is 6.00. The number of hydrogen-bond acceptors (Lipinski definition) is 7. The van der Waals surface area contributed by atoms with Crippen molar-refractivity contribution < 1.29 is 14.2 Å². The molecule has 7 nitrogen and oxygen atoms in total. The van der Waals surface area contributed by atoms with Crippen LogP contribution in [-0.2, 0) is 6.42 Å². The third kappa shape index (κ3) is 3.78. The quantitative estimate of drug-likeness (QED) is 0.732. The van der Waals surface area contributed by atoms with Crippen molar-refractivity contribution in [2.24, 2.45) is 4.99 Å². The average Bonchev–Trinajstić information content (AvgIpc) is 3.05. The van der Waals surface area contributed by atoms with Gasteiger partial charge in [0.1, 0.15) is 11.6 Å². The topological polar surface area (TPSA) is 69.1 Å². The monoisotopic (exact) mass is 382 g/mol. The smallest absolute Gasteiger partial charge is 0.203 e. The third-order valence-electron chi connectivity index (χ3n) is 4.97. The minimum absolute atomic E-state index is 0.548. The van der Waals surface area contributed by atoms with Crippen LogP contribution in [0.25, 0.3) is 0 Å². The molecule has 0 saturated heterocycles. The number of anilines is 1. The van der Waals surface area contributed by atoms with Crippen molar-refractivity contribution in [1.29, 1.82) is 0 Å². The van der Waals surface area contributed by atoms with Crippen molar-refractivity contribution in [3.63, 3.8) is 0 Å². The Hall–Kier alpha value is -3.09. The van der Waals surface area contributed by atoms with Gasteiger partial charge in [-0.2, -0.15) is 0 Å². The summed E-state index contributed by atoms with van der Waals surface area (Å²) in [6.45, 7) is 4.81. The Labute approximate surface area is 165 Å². The molecule has 3 rings (SSSR count). The highest BCUT2D eigenvalue weighted by Gasteiger charge is 2.19. The van der Waals surface area contributed by atoms with Gasteiger partial charge in [-0.1, -0.05) is 0 Å². The van der Waals surface area contributed by atoms with Gasteiger partial charge in [0.25, 0.3) is 0 Å². The first-order valence-electron chi connectivity index (χ1n) is 9.04. The lowest BCUT2D eigenvalue weighted by molar-refractivity contribution is 0.324. The lowest BCUT2D eigenvalue weighted by atomic mass is 10.1. The van der Waals surface area contributed by atoms with E-state index in [0.717, 1.165) is 22.8 Å². The number of hydrogen-bond donors (Lipinski definition) is 0.